The van der Waals surface area contributed by atoms with Crippen LogP contribution in [-0.4, -0.2) is 0 Å². The van der Waals surface area contributed by atoms with Gasteiger partial charge in [0.15, 0.2) is 0 Å². The average molecular weight is 251 g/mol. The molecule has 0 bridgehead atoms. The molecule has 0 aliphatic carbocycles. The second-order valence-corrected chi connectivity index (χ2v) is 3.09. The fourth-order valence-corrected chi connectivity index (χ4v) is 0.697. The standard InChI is InChI=1S/C8H17.Ni.HO3P/c1-4-6-7-8(3)5-2;;1-4(2)3/h8H,3-7H2,1-2H3;;(H,1,2,3)/q-1;+3;/p-1. The molecule has 0 rings (SSSR count). The normalized spacial score (nSPS) is 10.5. The van der Waals surface area contributed by atoms with Gasteiger partial charge in [-0.3, -0.25) is 0 Å². The average Bonchev–Trinajstić information content (AvgIpc) is 1.99. The van der Waals surface area contributed by atoms with Gasteiger partial charge >= 0.3 is 16.5 Å². The first-order valence-electron chi connectivity index (χ1n) is 4.19. The first kappa shape index (κ1) is 19.1. The third-order valence-corrected chi connectivity index (χ3v) is 1.54. The van der Waals surface area contributed by atoms with Crippen molar-refractivity contribution in [1.82, 2.24) is 0 Å². The largest absolute Gasteiger partial charge is 3.00 e. The van der Waals surface area contributed by atoms with Crippen molar-refractivity contribution in [1.29, 1.82) is 0 Å². The molecule has 0 saturated heterocycles. The van der Waals surface area contributed by atoms with Gasteiger partial charge in [0.25, 0.3) is 8.25 Å². The molecule has 3 nitrogen and oxygen atoms in total. The monoisotopic (exact) mass is 250 g/mol. The van der Waals surface area contributed by atoms with Gasteiger partial charge in [-0.05, 0) is 0 Å². The van der Waals surface area contributed by atoms with Crippen molar-refractivity contribution in [2.45, 2.75) is 39.5 Å². The van der Waals surface area contributed by atoms with Crippen LogP contribution >= 0.6 is 8.25 Å². The summed E-state index contributed by atoms with van der Waals surface area (Å²) in [6, 6.07) is 0. The summed E-state index contributed by atoms with van der Waals surface area (Å²) in [6.07, 6.45) is 5.21. The maximum Gasteiger partial charge on any atom is 3.00 e. The van der Waals surface area contributed by atoms with Crippen molar-refractivity contribution < 1.29 is 30.8 Å². The van der Waals surface area contributed by atoms with Gasteiger partial charge in [-0.1, -0.05) is 44.1 Å². The zero-order valence-corrected chi connectivity index (χ0v) is 9.98. The smallest absolute Gasteiger partial charge is 0.598 e. The summed E-state index contributed by atoms with van der Waals surface area (Å²) in [5.74, 6) is 0.704. The Hall–Kier alpha value is 0.514. The van der Waals surface area contributed by atoms with E-state index >= 15 is 0 Å². The summed E-state index contributed by atoms with van der Waals surface area (Å²) in [7, 11) is -3.37. The van der Waals surface area contributed by atoms with Crippen molar-refractivity contribution in [3.05, 3.63) is 6.92 Å². The minimum atomic E-state index is -3.37. The molecule has 0 aliphatic heterocycles. The second-order valence-electron chi connectivity index (χ2n) is 2.64. The Balaban J connectivity index is -0.000000173. The van der Waals surface area contributed by atoms with Crippen LogP contribution < -0.4 is 9.79 Å². The summed E-state index contributed by atoms with van der Waals surface area (Å²) in [5.41, 5.74) is 0. The topological polar surface area (TPSA) is 63.2 Å². The van der Waals surface area contributed by atoms with Gasteiger partial charge in [0, 0.05) is 0 Å². The minimum Gasteiger partial charge on any atom is -0.598 e. The maximum absolute atomic E-state index is 8.48. The van der Waals surface area contributed by atoms with E-state index in [0.717, 1.165) is 0 Å². The van der Waals surface area contributed by atoms with Crippen molar-refractivity contribution in [2.75, 3.05) is 0 Å². The molecule has 0 spiro atoms. The number of rotatable bonds is 4. The molecule has 1 atom stereocenters. The van der Waals surface area contributed by atoms with Crippen LogP contribution in [0.2, 0.25) is 0 Å². The Morgan fingerprint density at radius 1 is 1.38 bits per heavy atom. The van der Waals surface area contributed by atoms with Gasteiger partial charge in [0.1, 0.15) is 0 Å². The van der Waals surface area contributed by atoms with Gasteiger partial charge in [-0.25, -0.2) is 0 Å². The molecule has 0 aromatic carbocycles. The van der Waals surface area contributed by atoms with E-state index in [1.54, 1.807) is 0 Å². The molecule has 0 saturated carbocycles. The molecule has 0 aliphatic rings. The van der Waals surface area contributed by atoms with Gasteiger partial charge in [-0.2, -0.15) is 5.92 Å². The van der Waals surface area contributed by atoms with Crippen LogP contribution in [0, 0.1) is 12.8 Å². The van der Waals surface area contributed by atoms with Gasteiger partial charge in [0.05, 0.1) is 0 Å². The molecule has 0 heterocycles. The summed E-state index contributed by atoms with van der Waals surface area (Å²) in [4.78, 5) is 17.0. The zero-order valence-electron chi connectivity index (χ0n) is 8.10. The Kier molecular flexibility index (Phi) is 22.1. The Morgan fingerprint density at radius 3 is 2.00 bits per heavy atom. The van der Waals surface area contributed by atoms with Crippen molar-refractivity contribution in [3.8, 4) is 0 Å². The van der Waals surface area contributed by atoms with Crippen LogP contribution in [0.25, 0.3) is 0 Å². The van der Waals surface area contributed by atoms with E-state index < -0.39 is 8.25 Å². The van der Waals surface area contributed by atoms with Gasteiger partial charge < -0.3 is 16.7 Å². The van der Waals surface area contributed by atoms with Gasteiger partial charge in [-0.15, -0.1) is 0 Å². The molecular formula is C8H17NiO3P+. The third kappa shape index (κ3) is 32.6. The van der Waals surface area contributed by atoms with Crippen LogP contribution in [0.1, 0.15) is 39.5 Å². The number of hydrogen-bond acceptors (Lipinski definition) is 3. The summed E-state index contributed by atoms with van der Waals surface area (Å²) in [5, 5.41) is 0. The molecule has 1 radical (unpaired) electrons. The van der Waals surface area contributed by atoms with E-state index in [1.807, 2.05) is 0 Å². The maximum atomic E-state index is 8.48. The minimum absolute atomic E-state index is 0. The summed E-state index contributed by atoms with van der Waals surface area (Å²) < 4.78 is 8.48. The number of unbranched alkanes of at least 4 members (excludes halogenated alkanes) is 1. The predicted octanol–water partition coefficient (Wildman–Crippen LogP) is 1.40. The fourth-order valence-electron chi connectivity index (χ4n) is 0.697. The first-order chi connectivity index (χ1) is 5.54. The molecule has 5 heteroatoms. The van der Waals surface area contributed by atoms with Crippen molar-refractivity contribution in [3.63, 3.8) is 0 Å². The van der Waals surface area contributed by atoms with Crippen molar-refractivity contribution >= 4 is 8.25 Å². The van der Waals surface area contributed by atoms with E-state index in [2.05, 4.69) is 20.8 Å². The molecule has 0 aromatic rings. The Morgan fingerprint density at radius 2 is 1.77 bits per heavy atom. The molecule has 0 fully saturated rings. The SMILES string of the molecule is O=[P+]([O-])[O-].[CH2-]C(CC)CCCC.[Ni+3]. The predicted molar refractivity (Wildman–Crippen MR) is 46.3 cm³/mol. The third-order valence-electron chi connectivity index (χ3n) is 1.54. The quantitative estimate of drug-likeness (QED) is 0.431. The Labute approximate surface area is 91.8 Å². The van der Waals surface area contributed by atoms with Crippen LogP contribution in [0.4, 0.5) is 0 Å². The first-order valence-corrected chi connectivity index (χ1v) is 5.28. The fraction of sp³-hybridized carbons (Fsp3) is 0.875. The molecular weight excluding hydrogens is 234 g/mol. The summed E-state index contributed by atoms with van der Waals surface area (Å²) >= 11 is 0. The van der Waals surface area contributed by atoms with Crippen LogP contribution in [0.3, 0.4) is 0 Å². The molecule has 13 heavy (non-hydrogen) atoms. The van der Waals surface area contributed by atoms with E-state index in [4.69, 9.17) is 14.4 Å². The summed E-state index contributed by atoms with van der Waals surface area (Å²) in [6.45, 7) is 8.42. The molecule has 81 valence electrons. The van der Waals surface area contributed by atoms with Crippen LogP contribution in [-0.2, 0) is 21.1 Å². The zero-order chi connectivity index (χ0) is 9.98. The van der Waals surface area contributed by atoms with Crippen LogP contribution in [0.15, 0.2) is 0 Å². The van der Waals surface area contributed by atoms with Gasteiger partial charge in [0.2, 0.25) is 0 Å². The molecule has 0 aromatic heterocycles. The van der Waals surface area contributed by atoms with Crippen LogP contribution in [0.5, 0.6) is 0 Å². The van der Waals surface area contributed by atoms with E-state index in [-0.39, 0.29) is 16.5 Å². The second kappa shape index (κ2) is 15.0. The van der Waals surface area contributed by atoms with E-state index in [9.17, 15) is 0 Å². The van der Waals surface area contributed by atoms with E-state index in [0.29, 0.717) is 5.92 Å². The molecule has 0 N–H and O–H groups in total. The van der Waals surface area contributed by atoms with E-state index in [1.165, 1.54) is 25.7 Å². The number of hydrogen-bond donors (Lipinski definition) is 0. The molecule has 1 unspecified atom stereocenters. The van der Waals surface area contributed by atoms with Crippen molar-refractivity contribution in [2.24, 2.45) is 5.92 Å². The molecule has 0 amide bonds. The Bertz CT molecular complexity index is 108.